The molecule has 0 amide bonds. The number of nitrogens with zero attached hydrogens (tertiary/aromatic N) is 7. The highest BCUT2D eigenvalue weighted by Gasteiger charge is 2.21. The molecule has 0 radical (unpaired) electrons. The lowest BCUT2D eigenvalue weighted by Crippen LogP contribution is -2.27. The third-order valence-corrected chi connectivity index (χ3v) is 6.90. The van der Waals surface area contributed by atoms with Crippen molar-refractivity contribution in [1.29, 1.82) is 0 Å². The number of hydrogen-bond donors (Lipinski definition) is 1. The van der Waals surface area contributed by atoms with Crippen molar-refractivity contribution in [3.8, 4) is 11.6 Å². The lowest BCUT2D eigenvalue weighted by atomic mass is 9.98. The molecular weight excluding hydrogens is 516 g/mol. The van der Waals surface area contributed by atoms with E-state index >= 15 is 0 Å². The maximum atomic E-state index is 13.3. The lowest BCUT2D eigenvalue weighted by Gasteiger charge is -2.27. The zero-order valence-corrected chi connectivity index (χ0v) is 23.4. The first-order chi connectivity index (χ1) is 18.7. The molecule has 204 valence electrons. The summed E-state index contributed by atoms with van der Waals surface area (Å²) in [6.45, 7) is 8.37. The van der Waals surface area contributed by atoms with Crippen LogP contribution in [0.1, 0.15) is 18.1 Å². The summed E-state index contributed by atoms with van der Waals surface area (Å²) in [4.78, 5) is 29.3. The molecule has 1 aliphatic rings. The molecule has 12 heteroatoms. The Morgan fingerprint density at radius 1 is 1.26 bits per heavy atom. The van der Waals surface area contributed by atoms with E-state index < -0.39 is 9.73 Å². The molecule has 1 N–H and O–H groups in total. The summed E-state index contributed by atoms with van der Waals surface area (Å²) < 4.78 is 25.5. The Morgan fingerprint density at radius 3 is 2.82 bits per heavy atom. The molecule has 0 spiro atoms. The molecule has 11 nitrogen and oxygen atoms in total. The van der Waals surface area contributed by atoms with E-state index in [0.717, 1.165) is 30.9 Å². The van der Waals surface area contributed by atoms with E-state index in [4.69, 9.17) is 9.72 Å². The topological polar surface area (TPSA) is 120 Å². The van der Waals surface area contributed by atoms with Crippen LogP contribution in [0.3, 0.4) is 0 Å². The van der Waals surface area contributed by atoms with E-state index in [1.165, 1.54) is 22.0 Å². The molecule has 0 aliphatic carbocycles. The predicted octanol–water partition coefficient (Wildman–Crippen LogP) is 3.65. The van der Waals surface area contributed by atoms with Gasteiger partial charge < -0.3 is 15.0 Å². The first kappa shape index (κ1) is 26.6. The first-order valence-electron chi connectivity index (χ1n) is 12.6. The second-order valence-corrected chi connectivity index (χ2v) is 12.2. The third kappa shape index (κ3) is 5.57. The van der Waals surface area contributed by atoms with Crippen LogP contribution in [0.2, 0.25) is 0 Å². The Balaban J connectivity index is 1.62. The molecular formula is C27H32N8O3S. The third-order valence-electron chi connectivity index (χ3n) is 6.27. The fourth-order valence-electron chi connectivity index (χ4n) is 4.70. The van der Waals surface area contributed by atoms with Crippen LogP contribution in [0.25, 0.3) is 16.9 Å². The van der Waals surface area contributed by atoms with Gasteiger partial charge in [-0.3, -0.25) is 4.79 Å². The van der Waals surface area contributed by atoms with E-state index in [-0.39, 0.29) is 12.1 Å². The number of rotatable bonds is 8. The van der Waals surface area contributed by atoms with Crippen LogP contribution in [0.5, 0.6) is 5.75 Å². The van der Waals surface area contributed by atoms with Crippen LogP contribution < -0.4 is 15.6 Å². The lowest BCUT2D eigenvalue weighted by molar-refractivity contribution is 0.297. The van der Waals surface area contributed by atoms with E-state index in [9.17, 15) is 9.00 Å². The Bertz CT molecular complexity index is 1720. The smallest absolute Gasteiger partial charge is 0.278 e. The van der Waals surface area contributed by atoms with Crippen molar-refractivity contribution in [3.05, 3.63) is 70.7 Å². The minimum absolute atomic E-state index is 0.232. The SMILES string of the molecule is C=CCn1c(=O)c2cnc(Nc3cc4c(c(OCC)c3)CCN(C)C4)nc2n1-c1cccc(N=S(C)(C)=O)n1. The van der Waals surface area contributed by atoms with Crippen LogP contribution in [0.15, 0.2) is 58.3 Å². The van der Waals surface area contributed by atoms with Crippen LogP contribution in [-0.4, -0.2) is 66.1 Å². The molecule has 1 aromatic carbocycles. The minimum Gasteiger partial charge on any atom is -0.494 e. The highest BCUT2D eigenvalue weighted by Crippen LogP contribution is 2.32. The molecule has 0 bridgehead atoms. The highest BCUT2D eigenvalue weighted by atomic mass is 32.2. The van der Waals surface area contributed by atoms with Crippen LogP contribution in [-0.2, 0) is 29.2 Å². The van der Waals surface area contributed by atoms with Crippen LogP contribution >= 0.6 is 0 Å². The van der Waals surface area contributed by atoms with Crippen molar-refractivity contribution in [2.45, 2.75) is 26.4 Å². The van der Waals surface area contributed by atoms with Gasteiger partial charge in [0.2, 0.25) is 5.95 Å². The van der Waals surface area contributed by atoms with Crippen LogP contribution in [0.4, 0.5) is 17.5 Å². The van der Waals surface area contributed by atoms with Crippen molar-refractivity contribution in [2.24, 2.45) is 4.36 Å². The summed E-state index contributed by atoms with van der Waals surface area (Å²) in [7, 11) is -0.323. The average Bonchev–Trinajstić information content (AvgIpc) is 3.14. The fourth-order valence-corrected chi connectivity index (χ4v) is 5.25. The minimum atomic E-state index is -2.42. The molecule has 4 heterocycles. The highest BCUT2D eigenvalue weighted by molar-refractivity contribution is 7.92. The van der Waals surface area contributed by atoms with Gasteiger partial charge in [-0.2, -0.15) is 9.35 Å². The number of pyridine rings is 1. The van der Waals surface area contributed by atoms with Gasteiger partial charge in [0.15, 0.2) is 17.3 Å². The zero-order chi connectivity index (χ0) is 27.7. The van der Waals surface area contributed by atoms with Crippen molar-refractivity contribution in [1.82, 2.24) is 29.2 Å². The van der Waals surface area contributed by atoms with Gasteiger partial charge in [0.05, 0.1) is 13.2 Å². The monoisotopic (exact) mass is 548 g/mol. The van der Waals surface area contributed by atoms with Gasteiger partial charge in [-0.05, 0) is 44.2 Å². The molecule has 0 saturated heterocycles. The second kappa shape index (κ2) is 10.6. The van der Waals surface area contributed by atoms with Gasteiger partial charge in [0.25, 0.3) is 5.56 Å². The Labute approximate surface area is 227 Å². The Morgan fingerprint density at radius 2 is 2.08 bits per heavy atom. The predicted molar refractivity (Wildman–Crippen MR) is 154 cm³/mol. The maximum absolute atomic E-state index is 13.3. The van der Waals surface area contributed by atoms with Gasteiger partial charge in [-0.25, -0.2) is 23.5 Å². The van der Waals surface area contributed by atoms with Crippen molar-refractivity contribution in [3.63, 3.8) is 0 Å². The summed E-state index contributed by atoms with van der Waals surface area (Å²) in [6, 6.07) is 9.23. The number of anilines is 2. The molecule has 0 fully saturated rings. The van der Waals surface area contributed by atoms with Gasteiger partial charge in [0, 0.05) is 58.8 Å². The summed E-state index contributed by atoms with van der Waals surface area (Å²) in [5.41, 5.74) is 3.32. The molecule has 4 aromatic rings. The van der Waals surface area contributed by atoms with Gasteiger partial charge in [-0.15, -0.1) is 6.58 Å². The molecule has 0 saturated carbocycles. The van der Waals surface area contributed by atoms with E-state index in [2.05, 4.69) is 44.2 Å². The number of fused-ring (bicyclic) bond motifs is 2. The van der Waals surface area contributed by atoms with Crippen LogP contribution in [0, 0.1) is 0 Å². The van der Waals surface area contributed by atoms with E-state index in [0.29, 0.717) is 35.2 Å². The van der Waals surface area contributed by atoms with Crippen molar-refractivity contribution >= 4 is 38.2 Å². The summed E-state index contributed by atoms with van der Waals surface area (Å²) in [5.74, 6) is 1.89. The summed E-state index contributed by atoms with van der Waals surface area (Å²) >= 11 is 0. The number of likely N-dealkylation sites (N-methyl/N-ethyl adjacent to an activating group) is 1. The fraction of sp³-hybridized carbons (Fsp3) is 0.333. The molecule has 39 heavy (non-hydrogen) atoms. The average molecular weight is 549 g/mol. The zero-order valence-electron chi connectivity index (χ0n) is 22.5. The second-order valence-electron chi connectivity index (χ2n) is 9.70. The number of allylic oxidation sites excluding steroid dienone is 1. The summed E-state index contributed by atoms with van der Waals surface area (Å²) in [5, 5.41) is 3.64. The number of aromatic nitrogens is 5. The molecule has 0 atom stereocenters. The number of benzene rings is 1. The number of hydrogen-bond acceptors (Lipinski definition) is 9. The number of ether oxygens (including phenoxy) is 1. The van der Waals surface area contributed by atoms with Gasteiger partial charge >= 0.3 is 0 Å². The Hall–Kier alpha value is -4.03. The van der Waals surface area contributed by atoms with Gasteiger partial charge in [0.1, 0.15) is 11.1 Å². The van der Waals surface area contributed by atoms with Gasteiger partial charge in [-0.1, -0.05) is 12.1 Å². The molecule has 3 aromatic heterocycles. The first-order valence-corrected chi connectivity index (χ1v) is 15.0. The maximum Gasteiger partial charge on any atom is 0.278 e. The quantitative estimate of drug-likeness (QED) is 0.332. The normalized spacial score (nSPS) is 13.7. The standard InChI is InChI=1S/C27H32N8O3S/c1-6-12-34-26(36)21-16-28-27(29-19-14-18-17-33(3)13-11-20(18)22(15-19)38-7-2)31-25(21)35(34)24-10-8-9-23(30-24)32-39(4,5)37/h6,8-10,14-16H,1,7,11-13,17H2,2-5H3,(H,28,29,31). The Kier molecular flexibility index (Phi) is 7.23. The van der Waals surface area contributed by atoms with E-state index in [1.54, 1.807) is 41.5 Å². The molecule has 0 unspecified atom stereocenters. The van der Waals surface area contributed by atoms with Crippen molar-refractivity contribution < 1.29 is 8.95 Å². The summed E-state index contributed by atoms with van der Waals surface area (Å²) in [6.07, 6.45) is 7.15. The van der Waals surface area contributed by atoms with Crippen molar-refractivity contribution in [2.75, 3.05) is 38.0 Å². The number of nitrogens with one attached hydrogen (secondary N) is 1. The van der Waals surface area contributed by atoms with E-state index in [1.807, 2.05) is 13.0 Å². The molecule has 5 rings (SSSR count). The largest absolute Gasteiger partial charge is 0.494 e. The molecule has 1 aliphatic heterocycles.